The minimum Gasteiger partial charge on any atom is -0.457 e. The van der Waals surface area contributed by atoms with E-state index in [9.17, 15) is 29.4 Å². The van der Waals surface area contributed by atoms with E-state index < -0.39 is 106 Å². The van der Waals surface area contributed by atoms with Gasteiger partial charge in [0, 0.05) is 29.6 Å². The van der Waals surface area contributed by atoms with E-state index in [1.54, 1.807) is 0 Å². The van der Waals surface area contributed by atoms with Crippen molar-refractivity contribution in [3.63, 3.8) is 0 Å². The molecule has 4 rings (SSSR count). The van der Waals surface area contributed by atoms with E-state index in [4.69, 9.17) is 30.3 Å². The number of hydrogen-bond donors (Lipinski definition) is 6. The highest BCUT2D eigenvalue weighted by molar-refractivity contribution is 6.01. The zero-order chi connectivity index (χ0) is 37.8. The number of halogens is 2. The molecule has 9 atom stereocenters. The van der Waals surface area contributed by atoms with Crippen molar-refractivity contribution in [1.29, 1.82) is 0 Å². The van der Waals surface area contributed by atoms with Gasteiger partial charge in [-0.25, -0.2) is 8.78 Å². The van der Waals surface area contributed by atoms with E-state index in [0.717, 1.165) is 12.2 Å². The minimum absolute atomic E-state index is 0.0366. The number of allylic oxidation sites excluding steroid dienone is 4. The first kappa shape index (κ1) is 41.0. The van der Waals surface area contributed by atoms with E-state index >= 15 is 8.78 Å². The first-order chi connectivity index (χ1) is 23.9. The van der Waals surface area contributed by atoms with Gasteiger partial charge in [0.15, 0.2) is 18.1 Å². The third kappa shape index (κ3) is 7.95. The van der Waals surface area contributed by atoms with Crippen LogP contribution in [0.4, 0.5) is 8.78 Å². The zero-order valence-electron chi connectivity index (χ0n) is 28.6. The summed E-state index contributed by atoms with van der Waals surface area (Å²) in [7, 11) is 0. The van der Waals surface area contributed by atoms with Crippen molar-refractivity contribution in [2.45, 2.75) is 114 Å². The van der Waals surface area contributed by atoms with Gasteiger partial charge < -0.3 is 19.7 Å². The molecule has 0 aromatic heterocycles. The molecule has 0 aromatic rings. The van der Waals surface area contributed by atoms with Crippen molar-refractivity contribution in [3.8, 4) is 0 Å². The van der Waals surface area contributed by atoms with Crippen molar-refractivity contribution in [2.75, 3.05) is 19.8 Å². The number of fused-ring (bicyclic) bond motifs is 5. The van der Waals surface area contributed by atoms with E-state index in [-0.39, 0.29) is 44.5 Å². The molecule has 3 saturated carbocycles. The van der Waals surface area contributed by atoms with Gasteiger partial charge in [-0.3, -0.25) is 49.7 Å². The zero-order valence-corrected chi connectivity index (χ0v) is 28.6. The summed E-state index contributed by atoms with van der Waals surface area (Å²) in [5.74, 6) is -5.53. The highest BCUT2D eigenvalue weighted by atomic mass is 19.1. The number of aliphatic hydroxyl groups excluding tert-OH is 2. The number of hydrogen-bond acceptors (Lipinski definition) is 16. The average molecular weight is 735 g/mol. The Morgan fingerprint density at radius 3 is 2.04 bits per heavy atom. The summed E-state index contributed by atoms with van der Waals surface area (Å²) in [6, 6.07) is 0. The summed E-state index contributed by atoms with van der Waals surface area (Å²) >= 11 is 0. The molecule has 3 fully saturated rings. The molecule has 4 aliphatic carbocycles. The van der Waals surface area contributed by atoms with Gasteiger partial charge in [0.1, 0.15) is 12.3 Å². The van der Waals surface area contributed by atoms with Crippen LogP contribution in [0.2, 0.25) is 0 Å². The molecular formula is C33H48F2N2O14. The summed E-state index contributed by atoms with van der Waals surface area (Å²) in [6.07, 6.45) is -1.71. The first-order valence-corrected chi connectivity index (χ1v) is 17.1. The Balaban J connectivity index is 1.57. The summed E-state index contributed by atoms with van der Waals surface area (Å²) < 4.78 is 44.7. The number of ketones is 2. The van der Waals surface area contributed by atoms with Gasteiger partial charge in [-0.2, -0.15) is 0 Å². The second-order valence-corrected chi connectivity index (χ2v) is 14.2. The Hall–Kier alpha value is -2.78. The fourth-order valence-electron chi connectivity index (χ4n) is 8.89. The molecule has 0 saturated heterocycles. The van der Waals surface area contributed by atoms with Crippen LogP contribution in [0, 0.1) is 22.7 Å². The van der Waals surface area contributed by atoms with Gasteiger partial charge >= 0.3 is 11.9 Å². The predicted octanol–water partition coefficient (Wildman–Crippen LogP) is 2.82. The highest BCUT2D eigenvalue weighted by Gasteiger charge is 2.78. The van der Waals surface area contributed by atoms with E-state index in [2.05, 4.69) is 9.68 Å². The summed E-state index contributed by atoms with van der Waals surface area (Å²) in [4.78, 5) is 61.2. The normalized spacial score (nSPS) is 35.6. The molecule has 0 amide bonds. The third-order valence-electron chi connectivity index (χ3n) is 11.3. The molecule has 2 unspecified atom stereocenters. The fraction of sp³-hybridized carbons (Fsp3) is 0.758. The minimum atomic E-state index is -2.53. The molecule has 18 heteroatoms. The summed E-state index contributed by atoms with van der Waals surface area (Å²) in [6.45, 7) is 1.83. The van der Waals surface area contributed by atoms with Crippen LogP contribution in [0.25, 0.3) is 0 Å². The van der Waals surface area contributed by atoms with Crippen LogP contribution in [0.5, 0.6) is 0 Å². The van der Waals surface area contributed by atoms with Crippen molar-refractivity contribution < 1.29 is 78.1 Å². The monoisotopic (exact) mass is 734 g/mol. The average Bonchev–Trinajstić information content (AvgIpc) is 3.27. The SMILES string of the molecule is C[C@]12C=CC(=O)C=C1[C@@H](F)CC1C3C[C@@H](O)[C@](OC(=O)CCCCCON(O)O)(C(=O)COC(=O)CCCCCON(O)O)[C@@]3(C)C[C@H](O)[C@@]12F. The molecule has 51 heavy (non-hydrogen) atoms. The smallest absolute Gasteiger partial charge is 0.306 e. The molecule has 0 aromatic carbocycles. The maximum atomic E-state index is 17.6. The van der Waals surface area contributed by atoms with Gasteiger partial charge in [0.2, 0.25) is 11.4 Å². The molecule has 0 aliphatic heterocycles. The number of esters is 2. The largest absolute Gasteiger partial charge is 0.457 e. The molecule has 0 radical (unpaired) electrons. The number of alkyl halides is 2. The van der Waals surface area contributed by atoms with Crippen LogP contribution in [0.15, 0.2) is 23.8 Å². The van der Waals surface area contributed by atoms with E-state index in [1.807, 2.05) is 0 Å². The lowest BCUT2D eigenvalue weighted by Crippen LogP contribution is -2.71. The number of rotatable bonds is 18. The molecular weight excluding hydrogens is 686 g/mol. The lowest BCUT2D eigenvalue weighted by atomic mass is 9.44. The van der Waals surface area contributed by atoms with Crippen molar-refractivity contribution in [3.05, 3.63) is 23.8 Å². The molecule has 0 spiro atoms. The lowest BCUT2D eigenvalue weighted by Gasteiger charge is -2.63. The fourth-order valence-corrected chi connectivity index (χ4v) is 8.89. The Labute approximate surface area is 292 Å². The number of Topliss-reactive ketones (excluding diaryl/α,β-unsaturated/α-hetero) is 1. The van der Waals surface area contributed by atoms with Gasteiger partial charge in [0.05, 0.1) is 30.1 Å². The van der Waals surface area contributed by atoms with E-state index in [1.165, 1.54) is 19.9 Å². The van der Waals surface area contributed by atoms with E-state index in [0.29, 0.717) is 32.1 Å². The number of ether oxygens (including phenoxy) is 2. The highest BCUT2D eigenvalue weighted by Crippen LogP contribution is 2.70. The summed E-state index contributed by atoms with van der Waals surface area (Å²) in [5.41, 5.74) is -8.46. The number of nitrogens with zero attached hydrogens (tertiary/aromatic N) is 2. The van der Waals surface area contributed by atoms with Crippen LogP contribution in [-0.2, 0) is 38.3 Å². The quantitative estimate of drug-likeness (QED) is 0.0675. The van der Waals surface area contributed by atoms with Crippen LogP contribution < -0.4 is 0 Å². The van der Waals surface area contributed by atoms with Crippen LogP contribution >= 0.6 is 0 Å². The summed E-state index contributed by atoms with van der Waals surface area (Å²) in [5, 5.41) is 57.0. The Morgan fingerprint density at radius 2 is 1.45 bits per heavy atom. The van der Waals surface area contributed by atoms with Gasteiger partial charge in [0.25, 0.3) is 0 Å². The standard InChI is InChI=1S/C33H48F2N2O14/c1-30-12-11-20(38)15-23(30)24(34)16-22-21-17-25(39)33(31(21,2)18-26(40)32(22,30)35,51-29(43)10-6-4-8-14-50-37(46)47)27(41)19-48-28(42)9-5-3-7-13-49-36(44)45/h11-12,15,21-22,24-26,39-40,44-47H,3-10,13-14,16-19H2,1-2H3/t21?,22?,24-,25+,26-,30-,31-,32-,33-/m0/s1. The Bertz CT molecular complexity index is 1360. The number of carbonyl (C=O) groups excluding carboxylic acids is 4. The van der Waals surface area contributed by atoms with Crippen LogP contribution in [-0.4, -0.2) is 115 Å². The molecule has 6 N–H and O–H groups in total. The van der Waals surface area contributed by atoms with Crippen LogP contribution in [0.1, 0.15) is 84.5 Å². The first-order valence-electron chi connectivity index (χ1n) is 17.1. The topological polar surface area (TPSA) is 233 Å². The lowest BCUT2D eigenvalue weighted by molar-refractivity contribution is -0.492. The second kappa shape index (κ2) is 16.5. The van der Waals surface area contributed by atoms with Crippen molar-refractivity contribution in [1.82, 2.24) is 10.8 Å². The van der Waals surface area contributed by atoms with Gasteiger partial charge in [-0.1, -0.05) is 25.8 Å². The third-order valence-corrected chi connectivity index (χ3v) is 11.3. The molecule has 4 aliphatic rings. The number of carbonyl (C=O) groups is 4. The van der Waals surface area contributed by atoms with Crippen molar-refractivity contribution >= 4 is 23.5 Å². The molecule has 16 nitrogen and oxygen atoms in total. The Morgan fingerprint density at radius 1 is 0.863 bits per heavy atom. The van der Waals surface area contributed by atoms with Gasteiger partial charge in [-0.15, -0.1) is 0 Å². The molecule has 0 bridgehead atoms. The van der Waals surface area contributed by atoms with Gasteiger partial charge in [-0.05, 0) is 75.5 Å². The second-order valence-electron chi connectivity index (χ2n) is 14.2. The number of aliphatic hydroxyl groups is 2. The Kier molecular flexibility index (Phi) is 13.2. The predicted molar refractivity (Wildman–Crippen MR) is 164 cm³/mol. The molecule has 288 valence electrons. The molecule has 0 heterocycles. The maximum Gasteiger partial charge on any atom is 0.306 e. The van der Waals surface area contributed by atoms with Crippen LogP contribution in [0.3, 0.4) is 0 Å². The number of unbranched alkanes of at least 4 members (excludes halogenated alkanes) is 4. The maximum absolute atomic E-state index is 17.6. The van der Waals surface area contributed by atoms with Crippen molar-refractivity contribution in [2.24, 2.45) is 22.7 Å².